The second-order valence-corrected chi connectivity index (χ2v) is 32.1. The molecule has 0 aromatic rings. The zero-order valence-corrected chi connectivity index (χ0v) is 66.0. The maximum Gasteiger partial charge on any atom is 0.472 e. The number of ether oxygens (including phenoxy) is 4. The van der Waals surface area contributed by atoms with Crippen LogP contribution in [0.15, 0.2) is 0 Å². The van der Waals surface area contributed by atoms with Crippen molar-refractivity contribution in [3.05, 3.63) is 0 Å². The topological polar surface area (TPSA) is 237 Å². The average molecular weight is 1440 g/mol. The lowest BCUT2D eigenvalue weighted by atomic mass is 9.99. The van der Waals surface area contributed by atoms with Crippen molar-refractivity contribution >= 4 is 39.5 Å². The second kappa shape index (κ2) is 69.4. The van der Waals surface area contributed by atoms with Crippen LogP contribution in [0.3, 0.4) is 0 Å². The Morgan fingerprint density at radius 1 is 0.286 bits per heavy atom. The quantitative estimate of drug-likeness (QED) is 0.0222. The van der Waals surface area contributed by atoms with Crippen LogP contribution in [0.5, 0.6) is 0 Å². The van der Waals surface area contributed by atoms with E-state index in [0.29, 0.717) is 25.7 Å². The lowest BCUT2D eigenvalue weighted by molar-refractivity contribution is -0.161. The van der Waals surface area contributed by atoms with Crippen molar-refractivity contribution in [2.75, 3.05) is 39.6 Å². The molecule has 0 heterocycles. The molecular weight excluding hydrogens is 1280 g/mol. The Morgan fingerprint density at radius 2 is 0.490 bits per heavy atom. The highest BCUT2D eigenvalue weighted by atomic mass is 31.2. The molecule has 582 valence electrons. The van der Waals surface area contributed by atoms with E-state index in [1.165, 1.54) is 212 Å². The van der Waals surface area contributed by atoms with Gasteiger partial charge in [-0.15, -0.1) is 0 Å². The summed E-state index contributed by atoms with van der Waals surface area (Å²) in [5.74, 6) is 0.227. The van der Waals surface area contributed by atoms with Gasteiger partial charge in [-0.1, -0.05) is 357 Å². The van der Waals surface area contributed by atoms with E-state index in [-0.39, 0.29) is 25.7 Å². The molecule has 0 amide bonds. The fourth-order valence-corrected chi connectivity index (χ4v) is 13.6. The van der Waals surface area contributed by atoms with Gasteiger partial charge in [-0.25, -0.2) is 9.13 Å². The van der Waals surface area contributed by atoms with Crippen LogP contribution in [-0.4, -0.2) is 96.7 Å². The number of phosphoric acid groups is 2. The molecule has 0 aromatic heterocycles. The minimum Gasteiger partial charge on any atom is -0.462 e. The van der Waals surface area contributed by atoms with Gasteiger partial charge in [0.05, 0.1) is 26.4 Å². The predicted octanol–water partition coefficient (Wildman–Crippen LogP) is 23.4. The Morgan fingerprint density at radius 3 is 0.724 bits per heavy atom. The SMILES string of the molecule is CCCCCCCCCCCCCCCCCCCCCCC(=O)O[C@H](COC(=O)CCCCCCCCCCCCC(C)CC)COP(=O)(O)OC[C@@H](O)COP(=O)(O)OC[C@@H](COC(=O)CCCCCCCCC(C)CC)OC(=O)CCCCCCCCCCCCC(C)CC. The summed E-state index contributed by atoms with van der Waals surface area (Å²) in [6.45, 7) is 11.9. The van der Waals surface area contributed by atoms with E-state index in [1.54, 1.807) is 0 Å². The Balaban J connectivity index is 5.24. The smallest absolute Gasteiger partial charge is 0.462 e. The van der Waals surface area contributed by atoms with E-state index >= 15 is 0 Å². The molecule has 5 unspecified atom stereocenters. The van der Waals surface area contributed by atoms with E-state index in [9.17, 15) is 43.2 Å². The first kappa shape index (κ1) is 96.1. The molecule has 98 heavy (non-hydrogen) atoms. The third kappa shape index (κ3) is 68.5. The van der Waals surface area contributed by atoms with Gasteiger partial charge in [0.1, 0.15) is 19.3 Å². The second-order valence-electron chi connectivity index (χ2n) is 29.2. The third-order valence-electron chi connectivity index (χ3n) is 19.5. The molecule has 3 N–H and O–H groups in total. The molecule has 0 bridgehead atoms. The van der Waals surface area contributed by atoms with E-state index in [1.807, 2.05) is 0 Å². The zero-order valence-electron chi connectivity index (χ0n) is 64.3. The van der Waals surface area contributed by atoms with Gasteiger partial charge in [0.25, 0.3) is 0 Å². The number of aliphatic hydroxyl groups is 1. The van der Waals surface area contributed by atoms with E-state index in [2.05, 4.69) is 48.5 Å². The first-order valence-corrected chi connectivity index (χ1v) is 44.0. The molecular formula is C79H154O17P2. The zero-order chi connectivity index (χ0) is 72.3. The molecule has 19 heteroatoms. The molecule has 0 saturated carbocycles. The number of phosphoric ester groups is 2. The van der Waals surface area contributed by atoms with Gasteiger partial charge in [0, 0.05) is 25.7 Å². The van der Waals surface area contributed by atoms with E-state index in [0.717, 1.165) is 114 Å². The van der Waals surface area contributed by atoms with Gasteiger partial charge < -0.3 is 33.8 Å². The molecule has 0 aliphatic carbocycles. The minimum absolute atomic E-state index is 0.105. The van der Waals surface area contributed by atoms with Crippen molar-refractivity contribution in [2.45, 2.75) is 426 Å². The number of esters is 4. The van der Waals surface area contributed by atoms with Crippen molar-refractivity contribution in [3.63, 3.8) is 0 Å². The van der Waals surface area contributed by atoms with Gasteiger partial charge in [-0.05, 0) is 43.4 Å². The van der Waals surface area contributed by atoms with Crippen molar-refractivity contribution in [2.24, 2.45) is 17.8 Å². The lowest BCUT2D eigenvalue weighted by Gasteiger charge is -2.21. The molecule has 0 aromatic carbocycles. The highest BCUT2D eigenvalue weighted by Gasteiger charge is 2.30. The van der Waals surface area contributed by atoms with Crippen molar-refractivity contribution < 1.29 is 80.2 Å². The number of hydrogen-bond donors (Lipinski definition) is 3. The summed E-state index contributed by atoms with van der Waals surface area (Å²) in [4.78, 5) is 72.9. The van der Waals surface area contributed by atoms with Gasteiger partial charge in [-0.2, -0.15) is 0 Å². The van der Waals surface area contributed by atoms with Crippen LogP contribution in [0, 0.1) is 17.8 Å². The summed E-state index contributed by atoms with van der Waals surface area (Å²) in [6.07, 6.45) is 56.8. The Hall–Kier alpha value is -1.94. The van der Waals surface area contributed by atoms with Crippen LogP contribution in [0.4, 0.5) is 0 Å². The van der Waals surface area contributed by atoms with E-state index in [4.69, 9.17) is 37.0 Å². The van der Waals surface area contributed by atoms with Crippen molar-refractivity contribution in [1.29, 1.82) is 0 Å². The standard InChI is InChI=1S/C79H154O17P2/c1-8-12-13-14-15-16-17-18-19-20-21-22-23-24-25-26-34-39-48-55-62-78(83)95-74(66-89-76(81)60-53-46-38-33-29-27-31-36-43-50-57-70(5)9-2)68-93-97(85,86)91-64-73(80)65-92-98(87,88)94-69-75(67-90-77(82)61-54-47-42-41-45-52-59-72(7)11-4)96-79(84)63-56-49-40-35-30-28-32-37-44-51-58-71(6)10-3/h70-75,80H,8-69H2,1-7H3,(H,85,86)(H,87,88)/t70?,71?,72?,73-,74-,75-/m1/s1. The number of aliphatic hydroxyl groups excluding tert-OH is 1. The molecule has 0 rings (SSSR count). The fraction of sp³-hybridized carbons (Fsp3) is 0.949. The number of hydrogen-bond acceptors (Lipinski definition) is 15. The van der Waals surface area contributed by atoms with Gasteiger partial charge in [0.15, 0.2) is 12.2 Å². The molecule has 0 radical (unpaired) electrons. The highest BCUT2D eigenvalue weighted by Crippen LogP contribution is 2.45. The summed E-state index contributed by atoms with van der Waals surface area (Å²) >= 11 is 0. The largest absolute Gasteiger partial charge is 0.472 e. The molecule has 17 nitrogen and oxygen atoms in total. The van der Waals surface area contributed by atoms with Crippen molar-refractivity contribution in [3.8, 4) is 0 Å². The predicted molar refractivity (Wildman–Crippen MR) is 400 cm³/mol. The number of unbranched alkanes of at least 4 members (excludes halogenated alkanes) is 42. The highest BCUT2D eigenvalue weighted by molar-refractivity contribution is 7.47. The summed E-state index contributed by atoms with van der Waals surface area (Å²) in [6, 6.07) is 0. The molecule has 0 aliphatic heterocycles. The van der Waals surface area contributed by atoms with Crippen LogP contribution < -0.4 is 0 Å². The maximum atomic E-state index is 13.1. The summed E-state index contributed by atoms with van der Waals surface area (Å²) in [5, 5.41) is 10.6. The first-order chi connectivity index (χ1) is 47.3. The summed E-state index contributed by atoms with van der Waals surface area (Å²) < 4.78 is 68.6. The Kier molecular flexibility index (Phi) is 68.1. The maximum absolute atomic E-state index is 13.1. The van der Waals surface area contributed by atoms with Crippen LogP contribution >= 0.6 is 15.6 Å². The van der Waals surface area contributed by atoms with Crippen LogP contribution in [0.25, 0.3) is 0 Å². The number of carbonyl (C=O) groups is 4. The van der Waals surface area contributed by atoms with Crippen molar-refractivity contribution in [1.82, 2.24) is 0 Å². The summed E-state index contributed by atoms with van der Waals surface area (Å²) in [7, 11) is -9.92. The normalized spacial score (nSPS) is 14.8. The number of carbonyl (C=O) groups excluding carboxylic acids is 4. The third-order valence-corrected chi connectivity index (χ3v) is 21.4. The molecule has 0 saturated heterocycles. The van der Waals surface area contributed by atoms with Crippen LogP contribution in [0.2, 0.25) is 0 Å². The Bertz CT molecular complexity index is 1910. The van der Waals surface area contributed by atoms with Crippen LogP contribution in [0.1, 0.15) is 408 Å². The minimum atomic E-state index is -4.96. The summed E-state index contributed by atoms with van der Waals surface area (Å²) in [5.41, 5.74) is 0. The Labute approximate surface area is 600 Å². The first-order valence-electron chi connectivity index (χ1n) is 41.0. The molecule has 0 fully saturated rings. The van der Waals surface area contributed by atoms with Gasteiger partial charge >= 0.3 is 39.5 Å². The lowest BCUT2D eigenvalue weighted by Crippen LogP contribution is -2.30. The molecule has 0 aliphatic rings. The van der Waals surface area contributed by atoms with Crippen LogP contribution in [-0.2, 0) is 65.4 Å². The van der Waals surface area contributed by atoms with Gasteiger partial charge in [-0.3, -0.25) is 37.3 Å². The fourth-order valence-electron chi connectivity index (χ4n) is 12.0. The monoisotopic (exact) mass is 1440 g/mol. The van der Waals surface area contributed by atoms with E-state index < -0.39 is 97.5 Å². The molecule has 8 atom stereocenters. The average Bonchev–Trinajstić information content (AvgIpc) is 1.83. The molecule has 0 spiro atoms. The van der Waals surface area contributed by atoms with Gasteiger partial charge in [0.2, 0.25) is 0 Å². The number of rotatable bonds is 77.